The van der Waals surface area contributed by atoms with E-state index in [1.54, 1.807) is 30.3 Å². The van der Waals surface area contributed by atoms with Crippen LogP contribution in [0.25, 0.3) is 6.08 Å². The summed E-state index contributed by atoms with van der Waals surface area (Å²) in [5, 5.41) is 0.597. The van der Waals surface area contributed by atoms with E-state index in [2.05, 4.69) is 0 Å². The van der Waals surface area contributed by atoms with E-state index in [-0.39, 0.29) is 29.1 Å². The summed E-state index contributed by atoms with van der Waals surface area (Å²) in [5.74, 6) is -1.78. The van der Waals surface area contributed by atoms with Gasteiger partial charge >= 0.3 is 0 Å². The predicted molar refractivity (Wildman–Crippen MR) is 137 cm³/mol. The average molecular weight is 533 g/mol. The second-order valence-corrected chi connectivity index (χ2v) is 10.2. The number of halogens is 2. The number of carbonyl (C=O) groups is 3. The van der Waals surface area contributed by atoms with Gasteiger partial charge in [0.2, 0.25) is 18.6 Å². The molecule has 2 saturated heterocycles. The Bertz CT molecular complexity index is 1550. The molecule has 3 aromatic carbocycles. The van der Waals surface area contributed by atoms with E-state index in [1.165, 1.54) is 11.0 Å². The second kappa shape index (κ2) is 8.10. The van der Waals surface area contributed by atoms with Crippen LogP contribution in [0.2, 0.25) is 10.0 Å². The van der Waals surface area contributed by atoms with Crippen LogP contribution < -0.4 is 14.4 Å². The third-order valence-electron chi connectivity index (χ3n) is 7.54. The quantitative estimate of drug-likeness (QED) is 0.344. The van der Waals surface area contributed by atoms with Crippen molar-refractivity contribution in [2.24, 2.45) is 11.8 Å². The number of amides is 2. The van der Waals surface area contributed by atoms with Crippen LogP contribution in [0.1, 0.15) is 27.5 Å². The number of benzene rings is 3. The summed E-state index contributed by atoms with van der Waals surface area (Å²) < 4.78 is 10.8. The fourth-order valence-corrected chi connectivity index (χ4v) is 6.49. The molecule has 0 saturated carbocycles. The van der Waals surface area contributed by atoms with E-state index >= 15 is 0 Å². The number of ether oxygens (including phenoxy) is 2. The summed E-state index contributed by atoms with van der Waals surface area (Å²) in [7, 11) is 0. The first-order valence-electron chi connectivity index (χ1n) is 11.8. The van der Waals surface area contributed by atoms with E-state index in [1.807, 2.05) is 41.4 Å². The Morgan fingerprint density at radius 3 is 2.51 bits per heavy atom. The summed E-state index contributed by atoms with van der Waals surface area (Å²) in [6.07, 6.45) is 3.71. The molecule has 0 unspecified atom stereocenters. The summed E-state index contributed by atoms with van der Waals surface area (Å²) in [4.78, 5) is 45.1. The first-order valence-corrected chi connectivity index (χ1v) is 12.5. The minimum absolute atomic E-state index is 0.0739. The first kappa shape index (κ1) is 22.4. The zero-order valence-electron chi connectivity index (χ0n) is 19.1. The normalized spacial score (nSPS) is 24.8. The predicted octanol–water partition coefficient (Wildman–Crippen LogP) is 5.12. The smallest absolute Gasteiger partial charge is 0.240 e. The maximum absolute atomic E-state index is 14.0. The van der Waals surface area contributed by atoms with E-state index in [4.69, 9.17) is 32.7 Å². The maximum Gasteiger partial charge on any atom is 0.240 e. The van der Waals surface area contributed by atoms with Gasteiger partial charge in [0.1, 0.15) is 6.04 Å². The summed E-state index contributed by atoms with van der Waals surface area (Å²) >= 11 is 12.5. The van der Waals surface area contributed by atoms with Gasteiger partial charge in [-0.05, 0) is 47.5 Å². The number of imide groups is 1. The number of Topliss-reactive ketones (excluding diaryl/α,β-unsaturated/α-hetero) is 1. The third kappa shape index (κ3) is 3.17. The summed E-state index contributed by atoms with van der Waals surface area (Å²) in [6.45, 7) is 0.0739. The van der Waals surface area contributed by atoms with Gasteiger partial charge in [-0.3, -0.25) is 14.4 Å². The lowest BCUT2D eigenvalue weighted by Gasteiger charge is -2.35. The highest BCUT2D eigenvalue weighted by molar-refractivity contribution is 6.37. The molecule has 184 valence electrons. The number of hydrogen-bond acceptors (Lipinski definition) is 6. The monoisotopic (exact) mass is 532 g/mol. The number of carbonyl (C=O) groups excluding carboxylic acids is 3. The van der Waals surface area contributed by atoms with Crippen LogP contribution in [0, 0.1) is 11.8 Å². The largest absolute Gasteiger partial charge is 0.454 e. The van der Waals surface area contributed by atoms with Crippen LogP contribution in [-0.2, 0) is 9.59 Å². The third-order valence-corrected chi connectivity index (χ3v) is 8.09. The van der Waals surface area contributed by atoms with Crippen molar-refractivity contribution in [3.63, 3.8) is 0 Å². The zero-order valence-corrected chi connectivity index (χ0v) is 20.6. The summed E-state index contributed by atoms with van der Waals surface area (Å²) in [5.41, 5.74) is 2.48. The molecule has 2 fully saturated rings. The number of ketones is 1. The number of rotatable bonds is 3. The van der Waals surface area contributed by atoms with Crippen molar-refractivity contribution in [2.45, 2.75) is 12.1 Å². The number of fused-ring (bicyclic) bond motifs is 6. The molecule has 0 spiro atoms. The van der Waals surface area contributed by atoms with E-state index in [0.29, 0.717) is 22.2 Å². The molecule has 0 radical (unpaired) electrons. The molecule has 7 rings (SSSR count). The number of hydrogen-bond donors (Lipinski definition) is 0. The van der Waals surface area contributed by atoms with Gasteiger partial charge in [0.25, 0.3) is 0 Å². The van der Waals surface area contributed by atoms with Gasteiger partial charge in [-0.25, -0.2) is 4.90 Å². The van der Waals surface area contributed by atoms with Crippen molar-refractivity contribution in [3.05, 3.63) is 93.6 Å². The van der Waals surface area contributed by atoms with Crippen LogP contribution in [0.15, 0.2) is 66.9 Å². The molecule has 0 N–H and O–H groups in total. The molecule has 0 aromatic heterocycles. The molecular formula is C28H18Cl2N2O5. The molecule has 4 aliphatic rings. The standard InChI is InChI=1S/C28H18Cl2N2O5/c29-15-5-7-18(19(30)11-15)26(33)25-23-22(24-17-4-2-1-3-14(17)9-10-31(24)25)27(34)32(28(23)35)16-6-8-20-21(12-16)37-13-36-20/h1-12,22-25H,13H2/t22-,23-,24+,25+/m1/s1. The summed E-state index contributed by atoms with van der Waals surface area (Å²) in [6, 6.07) is 15.9. The Morgan fingerprint density at radius 2 is 1.68 bits per heavy atom. The van der Waals surface area contributed by atoms with Gasteiger partial charge in [-0.1, -0.05) is 47.5 Å². The Balaban J connectivity index is 1.37. The van der Waals surface area contributed by atoms with E-state index in [0.717, 1.165) is 11.1 Å². The van der Waals surface area contributed by atoms with Crippen molar-refractivity contribution in [1.82, 2.24) is 4.90 Å². The van der Waals surface area contributed by atoms with Gasteiger partial charge in [-0.15, -0.1) is 0 Å². The minimum Gasteiger partial charge on any atom is -0.454 e. The Morgan fingerprint density at radius 1 is 0.892 bits per heavy atom. The lowest BCUT2D eigenvalue weighted by atomic mass is 9.83. The SMILES string of the molecule is O=C(c1ccc(Cl)cc1Cl)[C@@H]1[C@@H]2C(=O)N(c3ccc4c(c3)OCO4)C(=O)[C@H]2[C@@H]2c3ccccc3C=CN12. The Hall–Kier alpha value is -3.81. The van der Waals surface area contributed by atoms with Crippen LogP contribution in [-0.4, -0.2) is 35.3 Å². The van der Waals surface area contributed by atoms with Crippen molar-refractivity contribution >= 4 is 52.6 Å². The van der Waals surface area contributed by atoms with Crippen molar-refractivity contribution in [3.8, 4) is 11.5 Å². The van der Waals surface area contributed by atoms with Crippen molar-refractivity contribution in [2.75, 3.05) is 11.7 Å². The Kier molecular flexibility index (Phi) is 4.90. The van der Waals surface area contributed by atoms with E-state index in [9.17, 15) is 14.4 Å². The van der Waals surface area contributed by atoms with Gasteiger partial charge in [-0.2, -0.15) is 0 Å². The van der Waals surface area contributed by atoms with Crippen LogP contribution >= 0.6 is 23.2 Å². The minimum atomic E-state index is -0.922. The fraction of sp³-hybridized carbons (Fsp3) is 0.179. The lowest BCUT2D eigenvalue weighted by Crippen LogP contribution is -2.44. The van der Waals surface area contributed by atoms with Gasteiger partial charge < -0.3 is 14.4 Å². The maximum atomic E-state index is 14.0. The molecule has 37 heavy (non-hydrogen) atoms. The van der Waals surface area contributed by atoms with Crippen LogP contribution in [0.5, 0.6) is 11.5 Å². The molecule has 4 atom stereocenters. The lowest BCUT2D eigenvalue weighted by molar-refractivity contribution is -0.123. The molecule has 3 aromatic rings. The molecule has 4 aliphatic heterocycles. The average Bonchev–Trinajstić information content (AvgIpc) is 3.56. The van der Waals surface area contributed by atoms with Crippen LogP contribution in [0.3, 0.4) is 0 Å². The molecule has 2 amide bonds. The molecule has 9 heteroatoms. The van der Waals surface area contributed by atoms with E-state index < -0.39 is 29.8 Å². The zero-order chi connectivity index (χ0) is 25.4. The molecule has 4 heterocycles. The molecule has 0 aliphatic carbocycles. The van der Waals surface area contributed by atoms with Gasteiger partial charge in [0, 0.05) is 22.9 Å². The Labute approximate surface area is 221 Å². The fourth-order valence-electron chi connectivity index (χ4n) is 5.98. The van der Waals surface area contributed by atoms with Crippen molar-refractivity contribution < 1.29 is 23.9 Å². The molecule has 7 nitrogen and oxygen atoms in total. The van der Waals surface area contributed by atoms with Crippen molar-refractivity contribution in [1.29, 1.82) is 0 Å². The molecule has 0 bridgehead atoms. The van der Waals surface area contributed by atoms with Crippen LogP contribution in [0.4, 0.5) is 5.69 Å². The van der Waals surface area contributed by atoms with Gasteiger partial charge in [0.05, 0.1) is 28.6 Å². The number of anilines is 1. The number of nitrogens with zero attached hydrogens (tertiary/aromatic N) is 2. The first-order chi connectivity index (χ1) is 17.9. The highest BCUT2D eigenvalue weighted by Crippen LogP contribution is 2.54. The topological polar surface area (TPSA) is 76.1 Å². The highest BCUT2D eigenvalue weighted by atomic mass is 35.5. The second-order valence-electron chi connectivity index (χ2n) is 9.37. The highest BCUT2D eigenvalue weighted by Gasteiger charge is 2.64. The molecular weight excluding hydrogens is 515 g/mol. The van der Waals surface area contributed by atoms with Gasteiger partial charge in [0.15, 0.2) is 17.3 Å².